The fourth-order valence-electron chi connectivity index (χ4n) is 1.59. The van der Waals surface area contributed by atoms with Crippen LogP contribution in [0.1, 0.15) is 25.3 Å². The zero-order valence-corrected chi connectivity index (χ0v) is 10.6. The summed E-state index contributed by atoms with van der Waals surface area (Å²) in [6.07, 6.45) is 1.94. The number of rotatable bonds is 6. The summed E-state index contributed by atoms with van der Waals surface area (Å²) in [5.41, 5.74) is 6.76. The van der Waals surface area contributed by atoms with Gasteiger partial charge in [-0.25, -0.2) is 0 Å². The Balaban J connectivity index is 2.44. The van der Waals surface area contributed by atoms with Crippen LogP contribution in [0.5, 0.6) is 0 Å². The maximum atomic E-state index is 11.6. The average molecular weight is 245 g/mol. The van der Waals surface area contributed by atoms with Gasteiger partial charge in [0, 0.05) is 0 Å². The topological polar surface area (TPSA) is 78.9 Å². The smallest absolute Gasteiger partial charge is 0.237 e. The number of nitrogens with zero attached hydrogens (tertiary/aromatic N) is 1. The first kappa shape index (κ1) is 14.2. The number of aryl methyl sites for hydroxylation is 1. The molecule has 1 aromatic carbocycles. The quantitative estimate of drug-likeness (QED) is 0.794. The molecular weight excluding hydrogens is 226 g/mol. The maximum absolute atomic E-state index is 11.6. The van der Waals surface area contributed by atoms with Gasteiger partial charge in [0.2, 0.25) is 5.91 Å². The van der Waals surface area contributed by atoms with Gasteiger partial charge in [-0.05, 0) is 24.8 Å². The molecule has 18 heavy (non-hydrogen) atoms. The number of nitrogens with one attached hydrogen (secondary N) is 1. The molecule has 1 rings (SSSR count). The van der Waals surface area contributed by atoms with E-state index < -0.39 is 12.1 Å². The molecule has 0 bridgehead atoms. The summed E-state index contributed by atoms with van der Waals surface area (Å²) >= 11 is 0. The van der Waals surface area contributed by atoms with E-state index in [0.29, 0.717) is 12.8 Å². The number of nitrogens with two attached hydrogens (primary N) is 1. The Morgan fingerprint density at radius 1 is 1.44 bits per heavy atom. The number of amides is 1. The van der Waals surface area contributed by atoms with Gasteiger partial charge in [-0.1, -0.05) is 37.3 Å². The summed E-state index contributed by atoms with van der Waals surface area (Å²) in [7, 11) is 0. The highest BCUT2D eigenvalue weighted by Gasteiger charge is 2.16. The molecule has 0 fully saturated rings. The van der Waals surface area contributed by atoms with E-state index in [0.717, 1.165) is 12.0 Å². The highest BCUT2D eigenvalue weighted by Crippen LogP contribution is 2.05. The summed E-state index contributed by atoms with van der Waals surface area (Å²) in [6.45, 7) is 1.84. The van der Waals surface area contributed by atoms with Crippen molar-refractivity contribution in [2.24, 2.45) is 5.73 Å². The van der Waals surface area contributed by atoms with E-state index >= 15 is 0 Å². The third-order valence-corrected chi connectivity index (χ3v) is 2.81. The van der Waals surface area contributed by atoms with Gasteiger partial charge < -0.3 is 11.1 Å². The van der Waals surface area contributed by atoms with Gasteiger partial charge in [-0.2, -0.15) is 5.26 Å². The van der Waals surface area contributed by atoms with Gasteiger partial charge in [0.25, 0.3) is 0 Å². The number of nitriles is 1. The molecule has 0 heterocycles. The molecule has 0 saturated carbocycles. The summed E-state index contributed by atoms with van der Waals surface area (Å²) < 4.78 is 0. The van der Waals surface area contributed by atoms with Crippen molar-refractivity contribution in [3.8, 4) is 6.07 Å². The van der Waals surface area contributed by atoms with Crippen LogP contribution >= 0.6 is 0 Å². The van der Waals surface area contributed by atoms with E-state index in [-0.39, 0.29) is 5.91 Å². The van der Waals surface area contributed by atoms with E-state index in [2.05, 4.69) is 11.4 Å². The lowest BCUT2D eigenvalue weighted by atomic mass is 10.1. The predicted octanol–water partition coefficient (Wildman–Crippen LogP) is 1.36. The zero-order chi connectivity index (χ0) is 13.4. The van der Waals surface area contributed by atoms with Gasteiger partial charge >= 0.3 is 0 Å². The third kappa shape index (κ3) is 4.56. The van der Waals surface area contributed by atoms with Crippen molar-refractivity contribution in [2.75, 3.05) is 0 Å². The zero-order valence-electron chi connectivity index (χ0n) is 10.6. The van der Waals surface area contributed by atoms with Gasteiger partial charge in [-0.3, -0.25) is 4.79 Å². The number of hydrogen-bond acceptors (Lipinski definition) is 3. The molecule has 1 amide bonds. The number of carbonyl (C=O) groups excluding carboxylic acids is 1. The number of hydrogen-bond donors (Lipinski definition) is 2. The van der Waals surface area contributed by atoms with Crippen molar-refractivity contribution in [1.82, 2.24) is 5.32 Å². The highest BCUT2D eigenvalue weighted by atomic mass is 16.2. The molecule has 0 saturated heterocycles. The molecule has 0 aliphatic rings. The minimum absolute atomic E-state index is 0.253. The Bertz CT molecular complexity index is 411. The molecule has 3 N–H and O–H groups in total. The molecule has 0 spiro atoms. The molecule has 96 valence electrons. The third-order valence-electron chi connectivity index (χ3n) is 2.81. The Hall–Kier alpha value is -1.86. The van der Waals surface area contributed by atoms with Gasteiger partial charge in [0.15, 0.2) is 0 Å². The van der Waals surface area contributed by atoms with E-state index in [1.165, 1.54) is 0 Å². The van der Waals surface area contributed by atoms with E-state index in [4.69, 9.17) is 11.0 Å². The van der Waals surface area contributed by atoms with Crippen LogP contribution in [0.25, 0.3) is 0 Å². The van der Waals surface area contributed by atoms with Gasteiger partial charge in [-0.15, -0.1) is 0 Å². The van der Waals surface area contributed by atoms with Crippen LogP contribution < -0.4 is 11.1 Å². The molecule has 0 aromatic heterocycles. The van der Waals surface area contributed by atoms with Gasteiger partial charge in [0.1, 0.15) is 6.04 Å². The van der Waals surface area contributed by atoms with Crippen molar-refractivity contribution in [3.63, 3.8) is 0 Å². The number of benzene rings is 1. The molecule has 2 atom stereocenters. The second-order valence-corrected chi connectivity index (χ2v) is 4.23. The molecule has 0 aliphatic carbocycles. The Kier molecular flexibility index (Phi) is 5.89. The first-order chi connectivity index (χ1) is 8.67. The second kappa shape index (κ2) is 7.46. The van der Waals surface area contributed by atoms with Crippen LogP contribution in [0.3, 0.4) is 0 Å². The Labute approximate surface area is 108 Å². The van der Waals surface area contributed by atoms with Gasteiger partial charge in [0.05, 0.1) is 12.1 Å². The normalized spacial score (nSPS) is 13.4. The monoisotopic (exact) mass is 245 g/mol. The van der Waals surface area contributed by atoms with E-state index in [9.17, 15) is 4.79 Å². The summed E-state index contributed by atoms with van der Waals surface area (Å²) in [5, 5.41) is 11.7. The first-order valence-electron chi connectivity index (χ1n) is 6.16. The minimum Gasteiger partial charge on any atom is -0.339 e. The van der Waals surface area contributed by atoms with Crippen molar-refractivity contribution in [3.05, 3.63) is 35.9 Å². The lowest BCUT2D eigenvalue weighted by molar-refractivity contribution is -0.122. The van der Waals surface area contributed by atoms with Crippen LogP contribution in [-0.4, -0.2) is 18.0 Å². The van der Waals surface area contributed by atoms with Crippen LogP contribution in [0.2, 0.25) is 0 Å². The SMILES string of the molecule is CC[C@H](N)C(=O)N[C@H](C#N)CCc1ccccc1. The summed E-state index contributed by atoms with van der Waals surface area (Å²) in [5.74, 6) is -0.253. The predicted molar refractivity (Wildman–Crippen MR) is 70.6 cm³/mol. The average Bonchev–Trinajstić information content (AvgIpc) is 2.43. The van der Waals surface area contributed by atoms with Crippen molar-refractivity contribution in [1.29, 1.82) is 5.26 Å². The fraction of sp³-hybridized carbons (Fsp3) is 0.429. The van der Waals surface area contributed by atoms with Crippen molar-refractivity contribution < 1.29 is 4.79 Å². The highest BCUT2D eigenvalue weighted by molar-refractivity contribution is 5.81. The van der Waals surface area contributed by atoms with Crippen LogP contribution in [0.4, 0.5) is 0 Å². The molecule has 0 radical (unpaired) electrons. The molecular formula is C14H19N3O. The molecule has 0 aliphatic heterocycles. The summed E-state index contributed by atoms with van der Waals surface area (Å²) in [6, 6.07) is 11.0. The van der Waals surface area contributed by atoms with Crippen molar-refractivity contribution in [2.45, 2.75) is 38.3 Å². The Morgan fingerprint density at radius 2 is 2.11 bits per heavy atom. The molecule has 0 unspecified atom stereocenters. The van der Waals surface area contributed by atoms with Crippen LogP contribution in [-0.2, 0) is 11.2 Å². The second-order valence-electron chi connectivity index (χ2n) is 4.23. The molecule has 1 aromatic rings. The molecule has 4 nitrogen and oxygen atoms in total. The summed E-state index contributed by atoms with van der Waals surface area (Å²) in [4.78, 5) is 11.6. The molecule has 4 heteroatoms. The van der Waals surface area contributed by atoms with Crippen LogP contribution in [0, 0.1) is 11.3 Å². The largest absolute Gasteiger partial charge is 0.339 e. The first-order valence-corrected chi connectivity index (χ1v) is 6.16. The van der Waals surface area contributed by atoms with Crippen LogP contribution in [0.15, 0.2) is 30.3 Å². The van der Waals surface area contributed by atoms with E-state index in [1.807, 2.05) is 37.3 Å². The lowest BCUT2D eigenvalue weighted by Crippen LogP contribution is -2.44. The lowest BCUT2D eigenvalue weighted by Gasteiger charge is -2.14. The standard InChI is InChI=1S/C14H19N3O/c1-2-13(16)14(18)17-12(10-15)9-8-11-6-4-3-5-7-11/h3-7,12-13H,2,8-9,16H2,1H3,(H,17,18)/t12-,13-/m0/s1. The van der Waals surface area contributed by atoms with E-state index in [1.54, 1.807) is 0 Å². The maximum Gasteiger partial charge on any atom is 0.237 e. The minimum atomic E-state index is -0.530. The number of carbonyl (C=O) groups is 1. The van der Waals surface area contributed by atoms with Crippen molar-refractivity contribution >= 4 is 5.91 Å². The Morgan fingerprint density at radius 3 is 2.67 bits per heavy atom. The fourth-order valence-corrected chi connectivity index (χ4v) is 1.59.